The molecule has 128 valence electrons. The number of rotatable bonds is 6. The number of aromatic nitrogens is 1. The average molecular weight is 346 g/mol. The van der Waals surface area contributed by atoms with Crippen LogP contribution in [0, 0.1) is 19.8 Å². The van der Waals surface area contributed by atoms with E-state index >= 15 is 0 Å². The van der Waals surface area contributed by atoms with Crippen molar-refractivity contribution in [3.8, 4) is 0 Å². The van der Waals surface area contributed by atoms with Crippen LogP contribution in [0.4, 0.5) is 5.69 Å². The van der Waals surface area contributed by atoms with Gasteiger partial charge in [0.05, 0.1) is 18.0 Å². The average Bonchev–Trinajstić information content (AvgIpc) is 2.95. The first-order valence-electron chi connectivity index (χ1n) is 7.82. The Hall–Kier alpha value is -2.21. The second-order valence-electron chi connectivity index (χ2n) is 6.04. The van der Waals surface area contributed by atoms with Crippen LogP contribution in [0.25, 0.3) is 0 Å². The van der Waals surface area contributed by atoms with Gasteiger partial charge in [-0.2, -0.15) is 0 Å². The van der Waals surface area contributed by atoms with E-state index in [0.29, 0.717) is 10.7 Å². The SMILES string of the molecule is Cc1ccc(C)c(NC(=O)Cc2nc(COC(=O)C(C)C)cs2)c1. The second kappa shape index (κ2) is 8.06. The van der Waals surface area contributed by atoms with Gasteiger partial charge in [-0.1, -0.05) is 26.0 Å². The molecule has 0 aliphatic carbocycles. The van der Waals surface area contributed by atoms with Crippen molar-refractivity contribution in [3.05, 3.63) is 45.4 Å². The van der Waals surface area contributed by atoms with E-state index in [1.165, 1.54) is 11.3 Å². The molecule has 0 aliphatic heterocycles. The molecule has 1 amide bonds. The summed E-state index contributed by atoms with van der Waals surface area (Å²) in [7, 11) is 0. The Kier molecular flexibility index (Phi) is 6.09. The highest BCUT2D eigenvalue weighted by Crippen LogP contribution is 2.18. The Morgan fingerprint density at radius 2 is 2.04 bits per heavy atom. The molecule has 1 heterocycles. The topological polar surface area (TPSA) is 68.3 Å². The van der Waals surface area contributed by atoms with Gasteiger partial charge in [0, 0.05) is 11.1 Å². The van der Waals surface area contributed by atoms with Gasteiger partial charge in [0.2, 0.25) is 5.91 Å². The van der Waals surface area contributed by atoms with Gasteiger partial charge in [0.1, 0.15) is 11.6 Å². The van der Waals surface area contributed by atoms with E-state index in [0.717, 1.165) is 16.8 Å². The number of nitrogens with one attached hydrogen (secondary N) is 1. The van der Waals surface area contributed by atoms with Crippen LogP contribution in [0.5, 0.6) is 0 Å². The third-order valence-electron chi connectivity index (χ3n) is 3.41. The first-order chi connectivity index (χ1) is 11.3. The van der Waals surface area contributed by atoms with Crippen LogP contribution in [0.15, 0.2) is 23.6 Å². The number of anilines is 1. The van der Waals surface area contributed by atoms with Crippen molar-refractivity contribution in [1.29, 1.82) is 0 Å². The smallest absolute Gasteiger partial charge is 0.308 e. The molecule has 0 bridgehead atoms. The molecule has 0 atom stereocenters. The quantitative estimate of drug-likeness (QED) is 0.811. The third-order valence-corrected chi connectivity index (χ3v) is 4.31. The third kappa shape index (κ3) is 5.16. The summed E-state index contributed by atoms with van der Waals surface area (Å²) in [5.41, 5.74) is 3.61. The molecule has 2 rings (SSSR count). The molecule has 0 saturated heterocycles. The van der Waals surface area contributed by atoms with E-state index in [2.05, 4.69) is 10.3 Å². The van der Waals surface area contributed by atoms with Crippen molar-refractivity contribution in [1.82, 2.24) is 4.98 Å². The van der Waals surface area contributed by atoms with Crippen LogP contribution < -0.4 is 5.32 Å². The molecule has 0 radical (unpaired) electrons. The predicted octanol–water partition coefficient (Wildman–Crippen LogP) is 3.64. The Labute approximate surface area is 146 Å². The van der Waals surface area contributed by atoms with Gasteiger partial charge >= 0.3 is 5.97 Å². The number of hydrogen-bond acceptors (Lipinski definition) is 5. The second-order valence-corrected chi connectivity index (χ2v) is 6.98. The monoisotopic (exact) mass is 346 g/mol. The maximum atomic E-state index is 12.2. The van der Waals surface area contributed by atoms with Crippen LogP contribution >= 0.6 is 11.3 Å². The summed E-state index contributed by atoms with van der Waals surface area (Å²) in [6, 6.07) is 5.94. The molecule has 24 heavy (non-hydrogen) atoms. The molecule has 6 heteroatoms. The van der Waals surface area contributed by atoms with Crippen LogP contribution in [0.3, 0.4) is 0 Å². The highest BCUT2D eigenvalue weighted by atomic mass is 32.1. The van der Waals surface area contributed by atoms with E-state index in [-0.39, 0.29) is 30.8 Å². The minimum Gasteiger partial charge on any atom is -0.459 e. The van der Waals surface area contributed by atoms with Gasteiger partial charge < -0.3 is 10.1 Å². The van der Waals surface area contributed by atoms with Gasteiger partial charge in [0.15, 0.2) is 0 Å². The van der Waals surface area contributed by atoms with Crippen LogP contribution in [-0.2, 0) is 27.4 Å². The lowest BCUT2D eigenvalue weighted by Gasteiger charge is -2.08. The van der Waals surface area contributed by atoms with Gasteiger partial charge in [-0.05, 0) is 31.0 Å². The molecule has 0 unspecified atom stereocenters. The minimum atomic E-state index is -0.253. The lowest BCUT2D eigenvalue weighted by molar-refractivity contribution is -0.148. The largest absolute Gasteiger partial charge is 0.459 e. The maximum absolute atomic E-state index is 12.2. The number of thiazole rings is 1. The molecule has 5 nitrogen and oxygen atoms in total. The number of hydrogen-bond donors (Lipinski definition) is 1. The number of nitrogens with zero attached hydrogens (tertiary/aromatic N) is 1. The van der Waals surface area contributed by atoms with E-state index in [4.69, 9.17) is 4.74 Å². The first-order valence-corrected chi connectivity index (χ1v) is 8.70. The van der Waals surface area contributed by atoms with Gasteiger partial charge in [0.25, 0.3) is 0 Å². The van der Waals surface area contributed by atoms with Gasteiger partial charge in [-0.25, -0.2) is 4.98 Å². The van der Waals surface area contributed by atoms with E-state index in [1.807, 2.05) is 37.4 Å². The normalized spacial score (nSPS) is 10.7. The van der Waals surface area contributed by atoms with Gasteiger partial charge in [-0.15, -0.1) is 11.3 Å². The number of carbonyl (C=O) groups excluding carboxylic acids is 2. The van der Waals surface area contributed by atoms with Gasteiger partial charge in [-0.3, -0.25) is 9.59 Å². The van der Waals surface area contributed by atoms with E-state index in [9.17, 15) is 9.59 Å². The fraction of sp³-hybridized carbons (Fsp3) is 0.389. The molecule has 1 aromatic heterocycles. The van der Waals surface area contributed by atoms with Crippen molar-refractivity contribution in [2.75, 3.05) is 5.32 Å². The summed E-state index contributed by atoms with van der Waals surface area (Å²) < 4.78 is 5.14. The lowest BCUT2D eigenvalue weighted by atomic mass is 10.1. The first kappa shape index (κ1) is 18.1. The highest BCUT2D eigenvalue weighted by molar-refractivity contribution is 7.09. The number of ether oxygens (including phenoxy) is 1. The van der Waals surface area contributed by atoms with Crippen LogP contribution in [0.2, 0.25) is 0 Å². The molecular weight excluding hydrogens is 324 g/mol. The summed E-state index contributed by atoms with van der Waals surface area (Å²) in [4.78, 5) is 28.0. The summed E-state index contributed by atoms with van der Waals surface area (Å²) in [5, 5.41) is 5.43. The summed E-state index contributed by atoms with van der Waals surface area (Å²) in [5.74, 6) is -0.521. The van der Waals surface area contributed by atoms with Crippen LogP contribution in [-0.4, -0.2) is 16.9 Å². The summed E-state index contributed by atoms with van der Waals surface area (Å²) in [6.45, 7) is 7.66. The molecule has 0 saturated carbocycles. The van der Waals surface area contributed by atoms with Crippen molar-refractivity contribution in [2.45, 2.75) is 40.7 Å². The number of benzene rings is 1. The summed E-state index contributed by atoms with van der Waals surface area (Å²) >= 11 is 1.39. The number of carbonyl (C=O) groups is 2. The standard InChI is InChI=1S/C18H22N2O3S/c1-11(2)18(22)23-9-14-10-24-17(19-14)8-16(21)20-15-7-12(3)5-6-13(15)4/h5-7,10-11H,8-9H2,1-4H3,(H,20,21). The number of amides is 1. The molecule has 0 aliphatic rings. The zero-order valence-electron chi connectivity index (χ0n) is 14.4. The highest BCUT2D eigenvalue weighted by Gasteiger charge is 2.12. The molecular formula is C18H22N2O3S. The molecule has 0 spiro atoms. The Balaban J connectivity index is 1.90. The van der Waals surface area contributed by atoms with Crippen molar-refractivity contribution >= 4 is 28.9 Å². The van der Waals surface area contributed by atoms with Crippen LogP contribution in [0.1, 0.15) is 35.7 Å². The molecule has 0 fully saturated rings. The van der Waals surface area contributed by atoms with Crippen molar-refractivity contribution < 1.29 is 14.3 Å². The zero-order valence-corrected chi connectivity index (χ0v) is 15.2. The Morgan fingerprint density at radius 3 is 2.75 bits per heavy atom. The number of aryl methyl sites for hydroxylation is 2. The molecule has 2 aromatic rings. The lowest BCUT2D eigenvalue weighted by Crippen LogP contribution is -2.15. The fourth-order valence-electron chi connectivity index (χ4n) is 2.01. The Bertz CT molecular complexity index is 738. The molecule has 1 N–H and O–H groups in total. The Morgan fingerprint density at radius 1 is 1.29 bits per heavy atom. The zero-order chi connectivity index (χ0) is 17.7. The summed E-state index contributed by atoms with van der Waals surface area (Å²) in [6.07, 6.45) is 0.205. The van der Waals surface area contributed by atoms with Crippen molar-refractivity contribution in [2.24, 2.45) is 5.92 Å². The van der Waals surface area contributed by atoms with Crippen molar-refractivity contribution in [3.63, 3.8) is 0 Å². The molecule has 1 aromatic carbocycles. The number of esters is 1. The fourth-order valence-corrected chi connectivity index (χ4v) is 2.79. The maximum Gasteiger partial charge on any atom is 0.308 e. The van der Waals surface area contributed by atoms with E-state index < -0.39 is 0 Å². The predicted molar refractivity (Wildman–Crippen MR) is 95.0 cm³/mol. The van der Waals surface area contributed by atoms with E-state index in [1.54, 1.807) is 13.8 Å². The minimum absolute atomic E-state index is 0.108.